The first-order valence-electron chi connectivity index (χ1n) is 7.08. The van der Waals surface area contributed by atoms with Crippen molar-refractivity contribution in [2.75, 3.05) is 20.2 Å². The van der Waals surface area contributed by atoms with Gasteiger partial charge >= 0.3 is 0 Å². The lowest BCUT2D eigenvalue weighted by molar-refractivity contribution is 0.298. The Bertz CT molecular complexity index is 452. The van der Waals surface area contributed by atoms with E-state index < -0.39 is 0 Å². The highest BCUT2D eigenvalue weighted by atomic mass is 79.9. The van der Waals surface area contributed by atoms with Crippen LogP contribution in [0.4, 0.5) is 0 Å². The molecule has 2 fully saturated rings. The SMILES string of the molecule is COc1ccc(Br)cc1CNC1CCN2CCCC12. The zero-order valence-electron chi connectivity index (χ0n) is 11.4. The van der Waals surface area contributed by atoms with E-state index in [1.54, 1.807) is 7.11 Å². The lowest BCUT2D eigenvalue weighted by Gasteiger charge is -2.22. The van der Waals surface area contributed by atoms with Crippen molar-refractivity contribution < 1.29 is 4.74 Å². The van der Waals surface area contributed by atoms with Crippen molar-refractivity contribution in [3.63, 3.8) is 0 Å². The summed E-state index contributed by atoms with van der Waals surface area (Å²) in [7, 11) is 1.74. The van der Waals surface area contributed by atoms with Gasteiger partial charge in [-0.05, 0) is 44.0 Å². The number of ether oxygens (including phenoxy) is 1. The van der Waals surface area contributed by atoms with Crippen LogP contribution in [-0.4, -0.2) is 37.2 Å². The van der Waals surface area contributed by atoms with Crippen LogP contribution in [-0.2, 0) is 6.54 Å². The third kappa shape index (κ3) is 2.81. The van der Waals surface area contributed by atoms with Gasteiger partial charge < -0.3 is 10.1 Å². The van der Waals surface area contributed by atoms with Crippen LogP contribution in [0.2, 0.25) is 0 Å². The van der Waals surface area contributed by atoms with Crippen LogP contribution in [0.25, 0.3) is 0 Å². The Labute approximate surface area is 123 Å². The molecular formula is C15H21BrN2O. The largest absolute Gasteiger partial charge is 0.496 e. The molecular weight excluding hydrogens is 304 g/mol. The zero-order chi connectivity index (χ0) is 13.2. The van der Waals surface area contributed by atoms with Crippen molar-refractivity contribution >= 4 is 15.9 Å². The van der Waals surface area contributed by atoms with Gasteiger partial charge in [0.2, 0.25) is 0 Å². The molecule has 2 aliphatic rings. The summed E-state index contributed by atoms with van der Waals surface area (Å²) in [6, 6.07) is 7.60. The average molecular weight is 325 g/mol. The molecule has 0 aromatic heterocycles. The van der Waals surface area contributed by atoms with E-state index >= 15 is 0 Å². The van der Waals surface area contributed by atoms with Crippen LogP contribution in [0.1, 0.15) is 24.8 Å². The smallest absolute Gasteiger partial charge is 0.123 e. The van der Waals surface area contributed by atoms with E-state index in [2.05, 4.69) is 32.2 Å². The molecule has 0 bridgehead atoms. The Morgan fingerprint density at radius 1 is 1.37 bits per heavy atom. The highest BCUT2D eigenvalue weighted by Crippen LogP contribution is 2.29. The molecule has 3 rings (SSSR count). The molecule has 2 saturated heterocycles. The highest BCUT2D eigenvalue weighted by molar-refractivity contribution is 9.10. The quantitative estimate of drug-likeness (QED) is 0.921. The van der Waals surface area contributed by atoms with Gasteiger partial charge in [0.1, 0.15) is 5.75 Å². The Kier molecular flexibility index (Phi) is 4.10. The standard InChI is InChI=1S/C15H21BrN2O/c1-19-15-5-4-12(16)9-11(15)10-17-13-6-8-18-7-2-3-14(13)18/h4-5,9,13-14,17H,2-3,6-8,10H2,1H3. The number of hydrogen-bond donors (Lipinski definition) is 1. The van der Waals surface area contributed by atoms with Gasteiger partial charge in [0.25, 0.3) is 0 Å². The van der Waals surface area contributed by atoms with Crippen LogP contribution >= 0.6 is 15.9 Å². The Balaban J connectivity index is 1.64. The number of halogens is 1. The number of hydrogen-bond acceptors (Lipinski definition) is 3. The summed E-state index contributed by atoms with van der Waals surface area (Å²) in [6.07, 6.45) is 4.00. The van der Waals surface area contributed by atoms with Crippen molar-refractivity contribution in [1.29, 1.82) is 0 Å². The molecule has 1 aromatic carbocycles. The molecule has 0 amide bonds. The molecule has 0 radical (unpaired) electrons. The minimum absolute atomic E-state index is 0.645. The molecule has 3 nitrogen and oxygen atoms in total. The first-order chi connectivity index (χ1) is 9.28. The van der Waals surface area contributed by atoms with Crippen molar-refractivity contribution in [2.24, 2.45) is 0 Å². The van der Waals surface area contributed by atoms with E-state index in [-0.39, 0.29) is 0 Å². The minimum atomic E-state index is 0.645. The molecule has 0 saturated carbocycles. The van der Waals surface area contributed by atoms with E-state index in [1.807, 2.05) is 12.1 Å². The molecule has 0 spiro atoms. The molecule has 1 aromatic rings. The number of nitrogens with one attached hydrogen (secondary N) is 1. The summed E-state index contributed by atoms with van der Waals surface area (Å²) in [4.78, 5) is 2.63. The molecule has 2 atom stereocenters. The predicted octanol–water partition coefficient (Wildman–Crippen LogP) is 2.78. The van der Waals surface area contributed by atoms with Gasteiger partial charge in [0.15, 0.2) is 0 Å². The van der Waals surface area contributed by atoms with Crippen LogP contribution in [0.5, 0.6) is 5.75 Å². The molecule has 1 N–H and O–H groups in total. The molecule has 2 unspecified atom stereocenters. The summed E-state index contributed by atoms with van der Waals surface area (Å²) >= 11 is 3.53. The fourth-order valence-electron chi connectivity index (χ4n) is 3.45. The molecule has 2 heterocycles. The van der Waals surface area contributed by atoms with Crippen LogP contribution in [0.3, 0.4) is 0 Å². The Morgan fingerprint density at radius 3 is 3.11 bits per heavy atom. The minimum Gasteiger partial charge on any atom is -0.496 e. The molecule has 0 aliphatic carbocycles. The van der Waals surface area contributed by atoms with E-state index in [1.165, 1.54) is 37.9 Å². The predicted molar refractivity (Wildman–Crippen MR) is 80.5 cm³/mol. The maximum absolute atomic E-state index is 5.43. The number of fused-ring (bicyclic) bond motifs is 1. The maximum atomic E-state index is 5.43. The average Bonchev–Trinajstić information content (AvgIpc) is 3.00. The number of benzene rings is 1. The fraction of sp³-hybridized carbons (Fsp3) is 0.600. The fourth-order valence-corrected chi connectivity index (χ4v) is 3.86. The van der Waals surface area contributed by atoms with E-state index in [0.717, 1.165) is 22.8 Å². The van der Waals surface area contributed by atoms with Crippen molar-refractivity contribution in [2.45, 2.75) is 37.9 Å². The summed E-state index contributed by atoms with van der Waals surface area (Å²) < 4.78 is 6.54. The zero-order valence-corrected chi connectivity index (χ0v) is 12.9. The monoisotopic (exact) mass is 324 g/mol. The van der Waals surface area contributed by atoms with Gasteiger partial charge in [0, 0.05) is 35.2 Å². The van der Waals surface area contributed by atoms with Crippen LogP contribution in [0.15, 0.2) is 22.7 Å². The van der Waals surface area contributed by atoms with Crippen molar-refractivity contribution in [3.8, 4) is 5.75 Å². The number of methoxy groups -OCH3 is 1. The van der Waals surface area contributed by atoms with Gasteiger partial charge in [-0.15, -0.1) is 0 Å². The van der Waals surface area contributed by atoms with Gasteiger partial charge in [-0.1, -0.05) is 15.9 Å². The molecule has 2 aliphatic heterocycles. The lowest BCUT2D eigenvalue weighted by Crippen LogP contribution is -2.38. The Hall–Kier alpha value is -0.580. The topological polar surface area (TPSA) is 24.5 Å². The van der Waals surface area contributed by atoms with Crippen LogP contribution < -0.4 is 10.1 Å². The highest BCUT2D eigenvalue weighted by Gasteiger charge is 2.36. The van der Waals surface area contributed by atoms with Gasteiger partial charge in [-0.2, -0.15) is 0 Å². The lowest BCUT2D eigenvalue weighted by atomic mass is 10.1. The van der Waals surface area contributed by atoms with E-state index in [4.69, 9.17) is 4.74 Å². The summed E-state index contributed by atoms with van der Waals surface area (Å²) in [5.74, 6) is 0.969. The van der Waals surface area contributed by atoms with Crippen LogP contribution in [0, 0.1) is 0 Å². The van der Waals surface area contributed by atoms with Gasteiger partial charge in [-0.3, -0.25) is 4.90 Å². The number of nitrogens with zero attached hydrogens (tertiary/aromatic N) is 1. The van der Waals surface area contributed by atoms with E-state index in [0.29, 0.717) is 6.04 Å². The molecule has 104 valence electrons. The normalized spacial score (nSPS) is 26.6. The molecule has 19 heavy (non-hydrogen) atoms. The summed E-state index contributed by atoms with van der Waals surface area (Å²) in [5.41, 5.74) is 1.23. The Morgan fingerprint density at radius 2 is 2.26 bits per heavy atom. The number of rotatable bonds is 4. The third-order valence-corrected chi connectivity index (χ3v) is 4.90. The second-order valence-corrected chi connectivity index (χ2v) is 6.39. The maximum Gasteiger partial charge on any atom is 0.123 e. The first kappa shape index (κ1) is 13.4. The molecule has 4 heteroatoms. The van der Waals surface area contributed by atoms with Gasteiger partial charge in [0.05, 0.1) is 7.11 Å². The second-order valence-electron chi connectivity index (χ2n) is 5.48. The van der Waals surface area contributed by atoms with Gasteiger partial charge in [-0.25, -0.2) is 0 Å². The van der Waals surface area contributed by atoms with Crippen molar-refractivity contribution in [3.05, 3.63) is 28.2 Å². The third-order valence-electron chi connectivity index (χ3n) is 4.40. The summed E-state index contributed by atoms with van der Waals surface area (Å²) in [6.45, 7) is 3.44. The van der Waals surface area contributed by atoms with Crippen molar-refractivity contribution in [1.82, 2.24) is 10.2 Å². The summed E-state index contributed by atoms with van der Waals surface area (Å²) in [5, 5.41) is 3.73. The first-order valence-corrected chi connectivity index (χ1v) is 7.87. The van der Waals surface area contributed by atoms with E-state index in [9.17, 15) is 0 Å². The second kappa shape index (κ2) is 5.81.